The minimum Gasteiger partial charge on any atom is -0.316 e. The second kappa shape index (κ2) is 9.97. The molecule has 120 valence electrons. The van der Waals surface area contributed by atoms with E-state index in [4.69, 9.17) is 0 Å². The minimum atomic E-state index is 0.642. The molecule has 1 rings (SSSR count). The molecule has 1 atom stereocenters. The van der Waals surface area contributed by atoms with Gasteiger partial charge >= 0.3 is 0 Å². The zero-order valence-corrected chi connectivity index (χ0v) is 14.7. The lowest BCUT2D eigenvalue weighted by molar-refractivity contribution is 0.220. The van der Waals surface area contributed by atoms with Crippen molar-refractivity contribution in [2.45, 2.75) is 59.5 Å². The summed E-state index contributed by atoms with van der Waals surface area (Å²) in [7, 11) is 2.23. The van der Waals surface area contributed by atoms with Crippen LogP contribution in [0.4, 0.5) is 0 Å². The number of rotatable bonds is 10. The molecule has 0 fully saturated rings. The molecular weight excluding hydrogens is 256 g/mol. The maximum Gasteiger partial charge on any atom is 0.0233 e. The van der Waals surface area contributed by atoms with Crippen LogP contribution in [0.5, 0.6) is 0 Å². The summed E-state index contributed by atoms with van der Waals surface area (Å²) in [4.78, 5) is 2.46. The molecular formula is C19H34N2. The van der Waals surface area contributed by atoms with Crippen LogP contribution in [0.15, 0.2) is 24.3 Å². The Labute approximate surface area is 131 Å². The molecule has 2 heteroatoms. The second-order valence-corrected chi connectivity index (χ2v) is 6.71. The standard InChI is InChI=1S/C19H34N2/c1-6-12-20-13-11-18-7-9-19(10-8-18)15-21(5)17(4)14-16(2)3/h7-10,16-17,20H,6,11-15H2,1-5H3. The average Bonchev–Trinajstić information content (AvgIpc) is 2.44. The fourth-order valence-electron chi connectivity index (χ4n) is 2.65. The maximum absolute atomic E-state index is 3.46. The third kappa shape index (κ3) is 7.63. The van der Waals surface area contributed by atoms with Crippen LogP contribution in [-0.2, 0) is 13.0 Å². The van der Waals surface area contributed by atoms with Crippen LogP contribution >= 0.6 is 0 Å². The molecule has 2 nitrogen and oxygen atoms in total. The zero-order valence-electron chi connectivity index (χ0n) is 14.7. The number of hydrogen-bond acceptors (Lipinski definition) is 2. The molecule has 0 aliphatic rings. The minimum absolute atomic E-state index is 0.642. The Kier molecular flexibility index (Phi) is 8.63. The Hall–Kier alpha value is -0.860. The van der Waals surface area contributed by atoms with Crippen molar-refractivity contribution in [3.63, 3.8) is 0 Å². The molecule has 21 heavy (non-hydrogen) atoms. The monoisotopic (exact) mass is 290 g/mol. The molecule has 0 saturated carbocycles. The van der Waals surface area contributed by atoms with E-state index in [1.54, 1.807) is 0 Å². The molecule has 0 aliphatic heterocycles. The molecule has 0 radical (unpaired) electrons. The lowest BCUT2D eigenvalue weighted by Crippen LogP contribution is -2.29. The SMILES string of the molecule is CCCNCCc1ccc(CN(C)C(C)CC(C)C)cc1. The van der Waals surface area contributed by atoms with Gasteiger partial charge in [-0.15, -0.1) is 0 Å². The summed E-state index contributed by atoms with van der Waals surface area (Å²) in [6.07, 6.45) is 3.59. The summed E-state index contributed by atoms with van der Waals surface area (Å²) in [6.45, 7) is 12.4. The molecule has 1 N–H and O–H groups in total. The Balaban J connectivity index is 2.39. The third-order valence-electron chi connectivity index (χ3n) is 4.04. The third-order valence-corrected chi connectivity index (χ3v) is 4.04. The van der Waals surface area contributed by atoms with E-state index >= 15 is 0 Å². The van der Waals surface area contributed by atoms with Gasteiger partial charge in [-0.25, -0.2) is 0 Å². The van der Waals surface area contributed by atoms with E-state index in [1.807, 2.05) is 0 Å². The van der Waals surface area contributed by atoms with Crippen LogP contribution < -0.4 is 5.32 Å². The molecule has 1 unspecified atom stereocenters. The first-order valence-electron chi connectivity index (χ1n) is 8.51. The van der Waals surface area contributed by atoms with E-state index in [1.165, 1.54) is 24.0 Å². The van der Waals surface area contributed by atoms with Crippen molar-refractivity contribution in [3.8, 4) is 0 Å². The fraction of sp³-hybridized carbons (Fsp3) is 0.684. The van der Waals surface area contributed by atoms with Gasteiger partial charge in [0.2, 0.25) is 0 Å². The fourth-order valence-corrected chi connectivity index (χ4v) is 2.65. The van der Waals surface area contributed by atoms with Gasteiger partial charge in [-0.3, -0.25) is 4.90 Å². The lowest BCUT2D eigenvalue weighted by atomic mass is 10.0. The number of nitrogens with one attached hydrogen (secondary N) is 1. The maximum atomic E-state index is 3.46. The van der Waals surface area contributed by atoms with Crippen LogP contribution in [-0.4, -0.2) is 31.1 Å². The van der Waals surface area contributed by atoms with Gasteiger partial charge in [0.25, 0.3) is 0 Å². The van der Waals surface area contributed by atoms with Gasteiger partial charge in [0.05, 0.1) is 0 Å². The Bertz CT molecular complexity index is 370. The Morgan fingerprint density at radius 1 is 1.00 bits per heavy atom. The topological polar surface area (TPSA) is 15.3 Å². The first-order valence-corrected chi connectivity index (χ1v) is 8.51. The van der Waals surface area contributed by atoms with E-state index in [2.05, 4.69) is 69.2 Å². The highest BCUT2D eigenvalue weighted by molar-refractivity contribution is 5.22. The number of nitrogens with zero attached hydrogens (tertiary/aromatic N) is 1. The van der Waals surface area contributed by atoms with E-state index in [9.17, 15) is 0 Å². The van der Waals surface area contributed by atoms with Gasteiger partial charge in [0.15, 0.2) is 0 Å². The molecule has 0 heterocycles. The van der Waals surface area contributed by atoms with Crippen molar-refractivity contribution in [1.82, 2.24) is 10.2 Å². The van der Waals surface area contributed by atoms with Crippen molar-refractivity contribution >= 4 is 0 Å². The smallest absolute Gasteiger partial charge is 0.0233 e. The molecule has 0 amide bonds. The highest BCUT2D eigenvalue weighted by Crippen LogP contribution is 2.13. The first-order chi connectivity index (χ1) is 10.0. The molecule has 0 aliphatic carbocycles. The predicted molar refractivity (Wildman–Crippen MR) is 93.7 cm³/mol. The van der Waals surface area contributed by atoms with Gasteiger partial charge in [0.1, 0.15) is 0 Å². The van der Waals surface area contributed by atoms with Crippen molar-refractivity contribution in [2.24, 2.45) is 5.92 Å². The molecule has 0 spiro atoms. The Morgan fingerprint density at radius 2 is 1.62 bits per heavy atom. The van der Waals surface area contributed by atoms with Crippen LogP contribution in [0, 0.1) is 5.92 Å². The normalized spacial score (nSPS) is 13.1. The van der Waals surface area contributed by atoms with Gasteiger partial charge in [-0.05, 0) is 63.4 Å². The van der Waals surface area contributed by atoms with Gasteiger partial charge in [-0.1, -0.05) is 45.0 Å². The van der Waals surface area contributed by atoms with Crippen LogP contribution in [0.2, 0.25) is 0 Å². The van der Waals surface area contributed by atoms with Crippen LogP contribution in [0.1, 0.15) is 51.7 Å². The second-order valence-electron chi connectivity index (χ2n) is 6.71. The quantitative estimate of drug-likeness (QED) is 0.653. The number of benzene rings is 1. The van der Waals surface area contributed by atoms with Gasteiger partial charge in [-0.2, -0.15) is 0 Å². The summed E-state index contributed by atoms with van der Waals surface area (Å²) >= 11 is 0. The van der Waals surface area contributed by atoms with E-state index < -0.39 is 0 Å². The van der Waals surface area contributed by atoms with Crippen molar-refractivity contribution in [3.05, 3.63) is 35.4 Å². The van der Waals surface area contributed by atoms with E-state index in [-0.39, 0.29) is 0 Å². The molecule has 1 aromatic rings. The summed E-state index contributed by atoms with van der Waals surface area (Å²) in [5.41, 5.74) is 2.85. The van der Waals surface area contributed by atoms with Crippen molar-refractivity contribution in [1.29, 1.82) is 0 Å². The molecule has 0 bridgehead atoms. The summed E-state index contributed by atoms with van der Waals surface area (Å²) in [5, 5.41) is 3.46. The largest absolute Gasteiger partial charge is 0.316 e. The summed E-state index contributed by atoms with van der Waals surface area (Å²) in [6, 6.07) is 9.78. The summed E-state index contributed by atoms with van der Waals surface area (Å²) in [5.74, 6) is 0.764. The highest BCUT2D eigenvalue weighted by Gasteiger charge is 2.11. The van der Waals surface area contributed by atoms with Crippen LogP contribution in [0.25, 0.3) is 0 Å². The zero-order chi connectivity index (χ0) is 15.7. The first kappa shape index (κ1) is 18.2. The van der Waals surface area contributed by atoms with E-state index in [0.29, 0.717) is 6.04 Å². The molecule has 1 aromatic carbocycles. The Morgan fingerprint density at radius 3 is 2.19 bits per heavy atom. The van der Waals surface area contributed by atoms with Gasteiger partial charge < -0.3 is 5.32 Å². The predicted octanol–water partition coefficient (Wildman–Crippen LogP) is 4.10. The van der Waals surface area contributed by atoms with Crippen molar-refractivity contribution < 1.29 is 0 Å². The van der Waals surface area contributed by atoms with Crippen LogP contribution in [0.3, 0.4) is 0 Å². The number of hydrogen-bond donors (Lipinski definition) is 1. The summed E-state index contributed by atoms with van der Waals surface area (Å²) < 4.78 is 0. The highest BCUT2D eigenvalue weighted by atomic mass is 15.1. The van der Waals surface area contributed by atoms with Gasteiger partial charge in [0, 0.05) is 12.6 Å². The molecule has 0 saturated heterocycles. The van der Waals surface area contributed by atoms with Crippen molar-refractivity contribution in [2.75, 3.05) is 20.1 Å². The lowest BCUT2D eigenvalue weighted by Gasteiger charge is -2.26. The van der Waals surface area contributed by atoms with E-state index in [0.717, 1.165) is 32.0 Å². The molecule has 0 aromatic heterocycles. The average molecular weight is 290 g/mol.